The molecular weight excluding hydrogens is 202 g/mol. The van der Waals surface area contributed by atoms with Crippen LogP contribution in [0, 0.1) is 9.87 Å². The van der Waals surface area contributed by atoms with E-state index in [1.165, 1.54) is 37.0 Å². The molecule has 72 valence electrons. The minimum Gasteiger partial charge on any atom is -0.360 e. The van der Waals surface area contributed by atoms with E-state index in [1.54, 1.807) is 0 Å². The van der Waals surface area contributed by atoms with Crippen LogP contribution in [0.1, 0.15) is 25.7 Å². The Kier molecular flexibility index (Phi) is 2.95. The summed E-state index contributed by atoms with van der Waals surface area (Å²) in [5, 5.41) is 11.0. The molecular formula is C8H13N3S2. The third-order valence-corrected chi connectivity index (χ3v) is 3.54. The molecule has 0 bridgehead atoms. The summed E-state index contributed by atoms with van der Waals surface area (Å²) in [4.78, 5) is 0. The van der Waals surface area contributed by atoms with Crippen molar-refractivity contribution in [3.63, 3.8) is 0 Å². The van der Waals surface area contributed by atoms with Crippen molar-refractivity contribution < 1.29 is 0 Å². The zero-order valence-electron chi connectivity index (χ0n) is 7.38. The zero-order valence-corrected chi connectivity index (χ0v) is 9.01. The van der Waals surface area contributed by atoms with E-state index in [-0.39, 0.29) is 0 Å². The van der Waals surface area contributed by atoms with E-state index >= 15 is 0 Å². The van der Waals surface area contributed by atoms with E-state index in [2.05, 4.69) is 15.5 Å². The minimum atomic E-state index is 0.742. The quantitative estimate of drug-likeness (QED) is 0.759. The molecule has 0 atom stereocenters. The second-order valence-corrected chi connectivity index (χ2v) is 5.10. The van der Waals surface area contributed by atoms with E-state index in [9.17, 15) is 0 Å². The fraction of sp³-hybridized carbons (Fsp3) is 0.750. The monoisotopic (exact) mass is 215 g/mol. The maximum atomic E-state index is 4.93. The fourth-order valence-electron chi connectivity index (χ4n) is 1.47. The van der Waals surface area contributed by atoms with Gasteiger partial charge < -0.3 is 5.32 Å². The summed E-state index contributed by atoms with van der Waals surface area (Å²) in [5.41, 5.74) is 0. The van der Waals surface area contributed by atoms with Gasteiger partial charge in [-0.05, 0) is 24.6 Å². The highest BCUT2D eigenvalue weighted by molar-refractivity contribution is 7.73. The second kappa shape index (κ2) is 4.19. The van der Waals surface area contributed by atoms with Crippen LogP contribution < -0.4 is 5.32 Å². The number of hydrogen-bond acceptors (Lipinski definition) is 4. The molecule has 1 heterocycles. The average Bonchev–Trinajstić information content (AvgIpc) is 2.42. The van der Waals surface area contributed by atoms with Gasteiger partial charge in [0.25, 0.3) is 0 Å². The Morgan fingerprint density at radius 1 is 1.62 bits per heavy atom. The van der Waals surface area contributed by atoms with Crippen molar-refractivity contribution in [2.75, 3.05) is 11.9 Å². The van der Waals surface area contributed by atoms with Crippen LogP contribution in [-0.2, 0) is 0 Å². The lowest BCUT2D eigenvalue weighted by atomic mass is 9.83. The van der Waals surface area contributed by atoms with Crippen LogP contribution in [0.4, 0.5) is 5.13 Å². The van der Waals surface area contributed by atoms with E-state index in [1.807, 2.05) is 0 Å². The number of H-pyrrole nitrogens is 1. The van der Waals surface area contributed by atoms with Crippen LogP contribution in [0.25, 0.3) is 0 Å². The summed E-state index contributed by atoms with van der Waals surface area (Å²) < 4.78 is 0.742. The van der Waals surface area contributed by atoms with E-state index in [4.69, 9.17) is 12.2 Å². The van der Waals surface area contributed by atoms with Crippen LogP contribution in [0.2, 0.25) is 0 Å². The molecule has 1 aliphatic carbocycles. The first kappa shape index (κ1) is 9.15. The normalized spacial score (nSPS) is 16.9. The number of hydrogen-bond donors (Lipinski definition) is 2. The Morgan fingerprint density at radius 3 is 3.00 bits per heavy atom. The highest BCUT2D eigenvalue weighted by Crippen LogP contribution is 2.29. The van der Waals surface area contributed by atoms with Crippen LogP contribution in [-0.4, -0.2) is 16.7 Å². The Morgan fingerprint density at radius 2 is 2.46 bits per heavy atom. The lowest BCUT2D eigenvalue weighted by Gasteiger charge is -2.24. The molecule has 0 radical (unpaired) electrons. The van der Waals surface area contributed by atoms with Crippen LogP contribution in [0.5, 0.6) is 0 Å². The molecule has 0 unspecified atom stereocenters. The summed E-state index contributed by atoms with van der Waals surface area (Å²) in [6, 6.07) is 0. The Bertz CT molecular complexity index is 313. The van der Waals surface area contributed by atoms with Gasteiger partial charge in [0.2, 0.25) is 5.13 Å². The standard InChI is InChI=1S/C8H13N3S2/c12-8-11-10-7(13-8)9-5-4-6-2-1-3-6/h6H,1-5H2,(H,9,10)(H,11,12). The van der Waals surface area contributed by atoms with Crippen LogP contribution >= 0.6 is 23.6 Å². The van der Waals surface area contributed by atoms with Gasteiger partial charge in [-0.1, -0.05) is 30.6 Å². The summed E-state index contributed by atoms with van der Waals surface area (Å²) in [6.45, 7) is 1.03. The molecule has 1 fully saturated rings. The first-order chi connectivity index (χ1) is 6.34. The molecule has 1 aromatic heterocycles. The van der Waals surface area contributed by atoms with Crippen molar-refractivity contribution in [1.82, 2.24) is 10.2 Å². The number of aromatic nitrogens is 2. The number of anilines is 1. The Hall–Kier alpha value is -0.420. The highest BCUT2D eigenvalue weighted by atomic mass is 32.1. The molecule has 3 nitrogen and oxygen atoms in total. The highest BCUT2D eigenvalue weighted by Gasteiger charge is 2.16. The van der Waals surface area contributed by atoms with Gasteiger partial charge >= 0.3 is 0 Å². The van der Waals surface area contributed by atoms with Crippen molar-refractivity contribution in [3.8, 4) is 0 Å². The summed E-state index contributed by atoms with van der Waals surface area (Å²) >= 11 is 6.43. The van der Waals surface area contributed by atoms with Crippen molar-refractivity contribution >= 4 is 28.7 Å². The van der Waals surface area contributed by atoms with Gasteiger partial charge in [-0.25, -0.2) is 0 Å². The first-order valence-electron chi connectivity index (χ1n) is 4.64. The maximum absolute atomic E-state index is 4.93. The van der Waals surface area contributed by atoms with Gasteiger partial charge in [0.1, 0.15) is 0 Å². The molecule has 0 aliphatic heterocycles. The Labute approximate surface area is 86.6 Å². The summed E-state index contributed by atoms with van der Waals surface area (Å²) in [5.74, 6) is 0.958. The van der Waals surface area contributed by atoms with Crippen LogP contribution in [0.15, 0.2) is 0 Å². The lowest BCUT2D eigenvalue weighted by molar-refractivity contribution is 0.303. The second-order valence-electron chi connectivity index (χ2n) is 3.43. The molecule has 13 heavy (non-hydrogen) atoms. The van der Waals surface area contributed by atoms with Gasteiger partial charge in [-0.15, -0.1) is 5.10 Å². The first-order valence-corrected chi connectivity index (χ1v) is 5.86. The number of rotatable bonds is 4. The molecule has 2 N–H and O–H groups in total. The largest absolute Gasteiger partial charge is 0.360 e. The minimum absolute atomic E-state index is 0.742. The van der Waals surface area contributed by atoms with Crippen molar-refractivity contribution in [3.05, 3.63) is 3.95 Å². The topological polar surface area (TPSA) is 40.7 Å². The molecule has 0 amide bonds. The van der Waals surface area contributed by atoms with Crippen molar-refractivity contribution in [2.45, 2.75) is 25.7 Å². The smallest absolute Gasteiger partial charge is 0.204 e. The maximum Gasteiger partial charge on any atom is 0.204 e. The van der Waals surface area contributed by atoms with Crippen LogP contribution in [0.3, 0.4) is 0 Å². The van der Waals surface area contributed by atoms with Gasteiger partial charge in [0.05, 0.1) is 0 Å². The molecule has 2 rings (SSSR count). The molecule has 0 aromatic carbocycles. The summed E-state index contributed by atoms with van der Waals surface area (Å²) in [6.07, 6.45) is 5.52. The third kappa shape index (κ3) is 2.51. The number of nitrogens with one attached hydrogen (secondary N) is 2. The molecule has 0 saturated heterocycles. The SMILES string of the molecule is S=c1[nH]nc(NCCC2CCC2)s1. The third-order valence-electron chi connectivity index (χ3n) is 2.49. The predicted octanol–water partition coefficient (Wildman–Crippen LogP) is 2.80. The van der Waals surface area contributed by atoms with Crippen molar-refractivity contribution in [1.29, 1.82) is 0 Å². The van der Waals surface area contributed by atoms with Gasteiger partial charge in [0, 0.05) is 6.54 Å². The number of aromatic amines is 1. The molecule has 5 heteroatoms. The van der Waals surface area contributed by atoms with Gasteiger partial charge in [0.15, 0.2) is 3.95 Å². The molecule has 1 aromatic rings. The fourth-order valence-corrected chi connectivity index (χ4v) is 2.29. The molecule has 1 aliphatic rings. The molecule has 0 spiro atoms. The van der Waals surface area contributed by atoms with Gasteiger partial charge in [-0.2, -0.15) is 0 Å². The van der Waals surface area contributed by atoms with E-state index in [0.717, 1.165) is 21.5 Å². The summed E-state index contributed by atoms with van der Waals surface area (Å²) in [7, 11) is 0. The number of nitrogens with zero attached hydrogens (tertiary/aromatic N) is 1. The van der Waals surface area contributed by atoms with E-state index < -0.39 is 0 Å². The Balaban J connectivity index is 1.70. The average molecular weight is 215 g/mol. The molecule has 1 saturated carbocycles. The zero-order chi connectivity index (χ0) is 9.10. The van der Waals surface area contributed by atoms with Gasteiger partial charge in [-0.3, -0.25) is 5.10 Å². The van der Waals surface area contributed by atoms with E-state index in [0.29, 0.717) is 0 Å². The predicted molar refractivity (Wildman–Crippen MR) is 57.7 cm³/mol. The van der Waals surface area contributed by atoms with Crippen molar-refractivity contribution in [2.24, 2.45) is 5.92 Å². The lowest BCUT2D eigenvalue weighted by Crippen LogP contribution is -2.15.